The number of nitrogens with two attached hydrogens (primary N) is 1. The van der Waals surface area contributed by atoms with Crippen LogP contribution >= 0.6 is 15.9 Å². The smallest absolute Gasteiger partial charge is 0.311 e. The molecule has 0 atom stereocenters. The van der Waals surface area contributed by atoms with E-state index in [0.29, 0.717) is 5.82 Å². The van der Waals surface area contributed by atoms with Crippen molar-refractivity contribution < 1.29 is 4.92 Å². The fraction of sp³-hybridized carbons (Fsp3) is 0.200. The summed E-state index contributed by atoms with van der Waals surface area (Å²) in [6, 6.07) is 2.84. The molecule has 8 heteroatoms. The summed E-state index contributed by atoms with van der Waals surface area (Å²) in [6.45, 7) is 3.71. The molecule has 18 heavy (non-hydrogen) atoms. The van der Waals surface area contributed by atoms with Crippen LogP contribution in [0.1, 0.15) is 11.4 Å². The van der Waals surface area contributed by atoms with Crippen LogP contribution in [0.5, 0.6) is 0 Å². The molecule has 0 aliphatic heterocycles. The molecule has 7 nitrogen and oxygen atoms in total. The van der Waals surface area contributed by atoms with E-state index >= 15 is 0 Å². The summed E-state index contributed by atoms with van der Waals surface area (Å²) in [5.74, 6) is 0.325. The number of nitrogens with zero attached hydrogens (tertiary/aromatic N) is 4. The molecule has 0 aliphatic rings. The van der Waals surface area contributed by atoms with Gasteiger partial charge in [-0.3, -0.25) is 10.1 Å². The van der Waals surface area contributed by atoms with Crippen molar-refractivity contribution in [3.63, 3.8) is 0 Å². The highest BCUT2D eigenvalue weighted by molar-refractivity contribution is 9.10. The highest BCUT2D eigenvalue weighted by Gasteiger charge is 2.16. The zero-order valence-corrected chi connectivity index (χ0v) is 11.3. The Morgan fingerprint density at radius 2 is 2.11 bits per heavy atom. The molecular formula is C10H10BrN5O2. The highest BCUT2D eigenvalue weighted by atomic mass is 79.9. The SMILES string of the molecule is Cc1nn(-c2ccc([N+](=O)[O-])c(N)n2)c(C)c1Br. The van der Waals surface area contributed by atoms with Gasteiger partial charge in [0.05, 0.1) is 20.8 Å². The molecule has 2 aromatic rings. The molecular weight excluding hydrogens is 302 g/mol. The summed E-state index contributed by atoms with van der Waals surface area (Å²) >= 11 is 3.40. The molecule has 2 rings (SSSR count). The number of pyridine rings is 1. The average molecular weight is 312 g/mol. The average Bonchev–Trinajstić information content (AvgIpc) is 2.56. The second-order valence-corrected chi connectivity index (χ2v) is 4.52. The van der Waals surface area contributed by atoms with Crippen molar-refractivity contribution in [1.82, 2.24) is 14.8 Å². The van der Waals surface area contributed by atoms with E-state index in [-0.39, 0.29) is 11.5 Å². The van der Waals surface area contributed by atoms with E-state index in [1.807, 2.05) is 13.8 Å². The first-order chi connectivity index (χ1) is 8.41. The van der Waals surface area contributed by atoms with Gasteiger partial charge in [-0.1, -0.05) is 0 Å². The Bertz CT molecular complexity index is 637. The summed E-state index contributed by atoms with van der Waals surface area (Å²) in [7, 11) is 0. The third-order valence-corrected chi connectivity index (χ3v) is 3.65. The lowest BCUT2D eigenvalue weighted by atomic mass is 10.3. The van der Waals surface area contributed by atoms with Gasteiger partial charge in [0.1, 0.15) is 0 Å². The van der Waals surface area contributed by atoms with E-state index in [9.17, 15) is 10.1 Å². The lowest BCUT2D eigenvalue weighted by Crippen LogP contribution is -2.06. The Kier molecular flexibility index (Phi) is 3.04. The van der Waals surface area contributed by atoms with E-state index in [1.54, 1.807) is 4.68 Å². The molecule has 0 aliphatic carbocycles. The monoisotopic (exact) mass is 311 g/mol. The van der Waals surface area contributed by atoms with Crippen LogP contribution in [0.15, 0.2) is 16.6 Å². The third-order valence-electron chi connectivity index (χ3n) is 2.50. The van der Waals surface area contributed by atoms with Crippen molar-refractivity contribution in [2.24, 2.45) is 0 Å². The summed E-state index contributed by atoms with van der Waals surface area (Å²) in [5, 5.41) is 14.9. The normalized spacial score (nSPS) is 10.6. The van der Waals surface area contributed by atoms with Gasteiger partial charge in [-0.2, -0.15) is 5.10 Å². The molecule has 0 aromatic carbocycles. The van der Waals surface area contributed by atoms with E-state index < -0.39 is 4.92 Å². The third kappa shape index (κ3) is 1.94. The second kappa shape index (κ2) is 4.37. The number of aromatic nitrogens is 3. The number of nitrogen functional groups attached to an aromatic ring is 1. The summed E-state index contributed by atoms with van der Waals surface area (Å²) in [6.07, 6.45) is 0. The predicted octanol–water partition coefficient (Wildman–Crippen LogP) is 2.14. The number of nitro groups is 1. The minimum atomic E-state index is -0.566. The molecule has 0 bridgehead atoms. The first kappa shape index (κ1) is 12.5. The Morgan fingerprint density at radius 1 is 1.44 bits per heavy atom. The number of hydrogen-bond acceptors (Lipinski definition) is 5. The van der Waals surface area contributed by atoms with Crippen LogP contribution in [0.2, 0.25) is 0 Å². The molecule has 0 spiro atoms. The zero-order chi connectivity index (χ0) is 13.4. The lowest BCUT2D eigenvalue weighted by Gasteiger charge is -2.04. The van der Waals surface area contributed by atoms with E-state index in [1.165, 1.54) is 12.1 Å². The fourth-order valence-electron chi connectivity index (χ4n) is 1.58. The molecule has 0 radical (unpaired) electrons. The molecule has 2 N–H and O–H groups in total. The maximum atomic E-state index is 10.7. The molecule has 0 amide bonds. The summed E-state index contributed by atoms with van der Waals surface area (Å²) in [4.78, 5) is 14.1. The lowest BCUT2D eigenvalue weighted by molar-refractivity contribution is -0.384. The van der Waals surface area contributed by atoms with Gasteiger partial charge >= 0.3 is 5.69 Å². The van der Waals surface area contributed by atoms with Crippen molar-refractivity contribution in [1.29, 1.82) is 0 Å². The Morgan fingerprint density at radius 3 is 2.56 bits per heavy atom. The molecule has 0 unspecified atom stereocenters. The van der Waals surface area contributed by atoms with Crippen molar-refractivity contribution >= 4 is 27.4 Å². The molecule has 0 saturated carbocycles. The van der Waals surface area contributed by atoms with Crippen LogP contribution in [0.4, 0.5) is 11.5 Å². The number of anilines is 1. The van der Waals surface area contributed by atoms with E-state index in [0.717, 1.165) is 15.9 Å². The topological polar surface area (TPSA) is 99.9 Å². The zero-order valence-electron chi connectivity index (χ0n) is 9.72. The van der Waals surface area contributed by atoms with Crippen LogP contribution in [0.3, 0.4) is 0 Å². The number of halogens is 1. The van der Waals surface area contributed by atoms with Gasteiger partial charge in [-0.15, -0.1) is 0 Å². The van der Waals surface area contributed by atoms with Gasteiger partial charge in [0.15, 0.2) is 5.82 Å². The molecule has 2 heterocycles. The number of hydrogen-bond donors (Lipinski definition) is 1. The van der Waals surface area contributed by atoms with Gasteiger partial charge in [-0.25, -0.2) is 9.67 Å². The minimum absolute atomic E-state index is 0.124. The second-order valence-electron chi connectivity index (χ2n) is 3.73. The Balaban J connectivity index is 2.55. The van der Waals surface area contributed by atoms with Crippen LogP contribution < -0.4 is 5.73 Å². The molecule has 2 aromatic heterocycles. The molecule has 94 valence electrons. The molecule has 0 saturated heterocycles. The van der Waals surface area contributed by atoms with Gasteiger partial charge in [-0.05, 0) is 35.8 Å². The van der Waals surface area contributed by atoms with Gasteiger partial charge in [0.25, 0.3) is 0 Å². The molecule has 0 fully saturated rings. The predicted molar refractivity (Wildman–Crippen MR) is 69.6 cm³/mol. The Labute approximate surface area is 111 Å². The van der Waals surface area contributed by atoms with Crippen molar-refractivity contribution in [3.8, 4) is 5.82 Å². The maximum absolute atomic E-state index is 10.7. The minimum Gasteiger partial charge on any atom is -0.378 e. The number of rotatable bonds is 2. The summed E-state index contributed by atoms with van der Waals surface area (Å²) < 4.78 is 2.46. The standard InChI is InChI=1S/C10H10BrN5O2/c1-5-9(11)6(2)15(14-5)8-4-3-7(16(17)18)10(12)13-8/h3-4H,1-2H3,(H2,12,13). The summed E-state index contributed by atoms with van der Waals surface area (Å²) in [5.41, 5.74) is 7.01. The van der Waals surface area contributed by atoms with Gasteiger partial charge < -0.3 is 5.73 Å². The first-order valence-corrected chi connectivity index (χ1v) is 5.84. The van der Waals surface area contributed by atoms with Crippen LogP contribution in [-0.4, -0.2) is 19.7 Å². The van der Waals surface area contributed by atoms with Crippen LogP contribution in [-0.2, 0) is 0 Å². The van der Waals surface area contributed by atoms with E-state index in [2.05, 4.69) is 26.0 Å². The van der Waals surface area contributed by atoms with E-state index in [4.69, 9.17) is 5.73 Å². The number of aryl methyl sites for hydroxylation is 1. The van der Waals surface area contributed by atoms with Crippen molar-refractivity contribution in [3.05, 3.63) is 38.1 Å². The fourth-order valence-corrected chi connectivity index (χ4v) is 1.82. The largest absolute Gasteiger partial charge is 0.378 e. The van der Waals surface area contributed by atoms with Crippen LogP contribution in [0.25, 0.3) is 5.82 Å². The maximum Gasteiger partial charge on any atom is 0.311 e. The Hall–Kier alpha value is -1.96. The first-order valence-electron chi connectivity index (χ1n) is 5.05. The van der Waals surface area contributed by atoms with Gasteiger partial charge in [0, 0.05) is 6.07 Å². The van der Waals surface area contributed by atoms with Crippen LogP contribution in [0, 0.1) is 24.0 Å². The van der Waals surface area contributed by atoms with Gasteiger partial charge in [0.2, 0.25) is 5.82 Å². The van der Waals surface area contributed by atoms with Crippen molar-refractivity contribution in [2.45, 2.75) is 13.8 Å². The highest BCUT2D eigenvalue weighted by Crippen LogP contribution is 2.25. The van der Waals surface area contributed by atoms with Crippen molar-refractivity contribution in [2.75, 3.05) is 5.73 Å². The quantitative estimate of drug-likeness (QED) is 0.676.